The SMILES string of the molecule is O=C(O)NCCC(F)(F)C(F)(F)F. The number of halogens is 5. The third-order valence-electron chi connectivity index (χ3n) is 1.13. The molecule has 0 unspecified atom stereocenters. The summed E-state index contributed by atoms with van der Waals surface area (Å²) in [5, 5.41) is 9.29. The fourth-order valence-corrected chi connectivity index (χ4v) is 0.468. The maximum atomic E-state index is 12.0. The summed E-state index contributed by atoms with van der Waals surface area (Å²) in [4.78, 5) is 9.70. The number of nitrogens with one attached hydrogen (secondary N) is 1. The molecule has 0 fully saturated rings. The fourth-order valence-electron chi connectivity index (χ4n) is 0.468. The standard InChI is InChI=1S/C5H6F5NO2/c6-4(7,5(8,9)10)1-2-11-3(12)13/h11H,1-2H2,(H,12,13). The summed E-state index contributed by atoms with van der Waals surface area (Å²) in [6.45, 7) is -0.943. The van der Waals surface area contributed by atoms with Gasteiger partial charge >= 0.3 is 18.2 Å². The van der Waals surface area contributed by atoms with E-state index in [0.717, 1.165) is 0 Å². The highest BCUT2D eigenvalue weighted by Gasteiger charge is 2.56. The van der Waals surface area contributed by atoms with Crippen LogP contribution >= 0.6 is 0 Å². The van der Waals surface area contributed by atoms with E-state index in [-0.39, 0.29) is 0 Å². The predicted octanol–water partition coefficient (Wildman–Crippen LogP) is 1.84. The first-order chi connectivity index (χ1) is 5.67. The summed E-state index contributed by atoms with van der Waals surface area (Å²) in [5.74, 6) is -4.85. The normalized spacial score (nSPS) is 12.7. The first-order valence-electron chi connectivity index (χ1n) is 3.08. The van der Waals surface area contributed by atoms with Crippen molar-refractivity contribution in [1.82, 2.24) is 5.32 Å². The van der Waals surface area contributed by atoms with Gasteiger partial charge in [-0.25, -0.2) is 4.79 Å². The molecular weight excluding hydrogens is 201 g/mol. The van der Waals surface area contributed by atoms with Crippen molar-refractivity contribution in [1.29, 1.82) is 0 Å². The van der Waals surface area contributed by atoms with E-state index in [0.29, 0.717) is 0 Å². The minimum absolute atomic E-state index is 0.943. The number of rotatable bonds is 3. The Balaban J connectivity index is 3.97. The van der Waals surface area contributed by atoms with E-state index < -0.39 is 31.2 Å². The predicted molar refractivity (Wildman–Crippen MR) is 31.6 cm³/mol. The second kappa shape index (κ2) is 3.75. The summed E-state index contributed by atoms with van der Waals surface area (Å²) < 4.78 is 58.3. The van der Waals surface area contributed by atoms with Crippen molar-refractivity contribution >= 4 is 6.09 Å². The molecule has 13 heavy (non-hydrogen) atoms. The molecule has 8 heteroatoms. The average Bonchev–Trinajstić information content (AvgIpc) is 1.82. The molecular formula is C5H6F5NO2. The number of hydrogen-bond donors (Lipinski definition) is 2. The summed E-state index contributed by atoms with van der Waals surface area (Å²) in [6, 6.07) is 0. The van der Waals surface area contributed by atoms with Crippen LogP contribution in [0.25, 0.3) is 0 Å². The molecule has 1 amide bonds. The van der Waals surface area contributed by atoms with Crippen LogP contribution in [0.4, 0.5) is 26.7 Å². The minimum Gasteiger partial charge on any atom is -0.465 e. The summed E-state index contributed by atoms with van der Waals surface area (Å²) in [5.41, 5.74) is 0. The maximum absolute atomic E-state index is 12.0. The van der Waals surface area contributed by atoms with E-state index >= 15 is 0 Å². The van der Waals surface area contributed by atoms with E-state index in [9.17, 15) is 26.7 Å². The Labute approximate surface area is 69.5 Å². The number of alkyl halides is 5. The summed E-state index contributed by atoms with van der Waals surface area (Å²) >= 11 is 0. The molecule has 0 spiro atoms. The van der Waals surface area contributed by atoms with Crippen LogP contribution in [0, 0.1) is 0 Å². The Morgan fingerprint density at radius 1 is 1.23 bits per heavy atom. The molecule has 0 bridgehead atoms. The molecule has 0 radical (unpaired) electrons. The third-order valence-corrected chi connectivity index (χ3v) is 1.13. The van der Waals surface area contributed by atoms with Gasteiger partial charge < -0.3 is 10.4 Å². The van der Waals surface area contributed by atoms with Crippen molar-refractivity contribution in [3.63, 3.8) is 0 Å². The zero-order valence-corrected chi connectivity index (χ0v) is 6.16. The van der Waals surface area contributed by atoms with Gasteiger partial charge in [-0.15, -0.1) is 0 Å². The molecule has 0 aromatic carbocycles. The van der Waals surface area contributed by atoms with Crippen LogP contribution in [0.3, 0.4) is 0 Å². The van der Waals surface area contributed by atoms with E-state index in [1.165, 1.54) is 5.32 Å². The quantitative estimate of drug-likeness (QED) is 0.693. The minimum atomic E-state index is -5.63. The zero-order valence-electron chi connectivity index (χ0n) is 6.16. The van der Waals surface area contributed by atoms with Crippen molar-refractivity contribution in [3.05, 3.63) is 0 Å². The van der Waals surface area contributed by atoms with E-state index in [1.807, 2.05) is 0 Å². The highest BCUT2D eigenvalue weighted by Crippen LogP contribution is 2.37. The van der Waals surface area contributed by atoms with Crippen LogP contribution in [0.5, 0.6) is 0 Å². The lowest BCUT2D eigenvalue weighted by Crippen LogP contribution is -2.39. The summed E-state index contributed by atoms with van der Waals surface area (Å²) in [7, 11) is 0. The smallest absolute Gasteiger partial charge is 0.453 e. The Kier molecular flexibility index (Phi) is 3.44. The number of hydrogen-bond acceptors (Lipinski definition) is 1. The van der Waals surface area contributed by atoms with Gasteiger partial charge in [0, 0.05) is 13.0 Å². The van der Waals surface area contributed by atoms with Crippen molar-refractivity contribution < 1.29 is 31.9 Å². The Morgan fingerprint density at radius 3 is 2.00 bits per heavy atom. The van der Waals surface area contributed by atoms with Crippen molar-refractivity contribution in [2.45, 2.75) is 18.5 Å². The van der Waals surface area contributed by atoms with Crippen LogP contribution < -0.4 is 5.32 Å². The molecule has 0 aliphatic carbocycles. The fraction of sp³-hybridized carbons (Fsp3) is 0.800. The maximum Gasteiger partial charge on any atom is 0.453 e. The average molecular weight is 207 g/mol. The van der Waals surface area contributed by atoms with E-state index in [2.05, 4.69) is 0 Å². The van der Waals surface area contributed by atoms with Gasteiger partial charge in [0.1, 0.15) is 0 Å². The van der Waals surface area contributed by atoms with Gasteiger partial charge in [-0.3, -0.25) is 0 Å². The largest absolute Gasteiger partial charge is 0.465 e. The second-order valence-corrected chi connectivity index (χ2v) is 2.18. The van der Waals surface area contributed by atoms with Gasteiger partial charge in [-0.2, -0.15) is 22.0 Å². The van der Waals surface area contributed by atoms with Gasteiger partial charge in [0.2, 0.25) is 0 Å². The van der Waals surface area contributed by atoms with Crippen LogP contribution in [-0.4, -0.2) is 29.8 Å². The molecule has 0 atom stereocenters. The lowest BCUT2D eigenvalue weighted by molar-refractivity contribution is -0.283. The first kappa shape index (κ1) is 11.9. The zero-order chi connectivity index (χ0) is 10.7. The molecule has 0 rings (SSSR count). The highest BCUT2D eigenvalue weighted by atomic mass is 19.4. The second-order valence-electron chi connectivity index (χ2n) is 2.18. The van der Waals surface area contributed by atoms with Gasteiger partial charge in [-0.05, 0) is 0 Å². The lowest BCUT2D eigenvalue weighted by atomic mass is 10.2. The Hall–Kier alpha value is -1.08. The number of carboxylic acid groups (broad SMARTS) is 1. The molecule has 0 aliphatic rings. The van der Waals surface area contributed by atoms with Crippen molar-refractivity contribution in [2.24, 2.45) is 0 Å². The molecule has 0 heterocycles. The van der Waals surface area contributed by atoms with Gasteiger partial charge in [0.25, 0.3) is 0 Å². The first-order valence-corrected chi connectivity index (χ1v) is 3.08. The molecule has 2 N–H and O–H groups in total. The van der Waals surface area contributed by atoms with Gasteiger partial charge in [0.15, 0.2) is 0 Å². The molecule has 0 saturated carbocycles. The molecule has 3 nitrogen and oxygen atoms in total. The number of amides is 1. The van der Waals surface area contributed by atoms with E-state index in [4.69, 9.17) is 5.11 Å². The van der Waals surface area contributed by atoms with Gasteiger partial charge in [0.05, 0.1) is 0 Å². The molecule has 78 valence electrons. The Bertz CT molecular complexity index is 190. The molecule has 0 aromatic heterocycles. The number of carbonyl (C=O) groups is 1. The van der Waals surface area contributed by atoms with Crippen LogP contribution in [-0.2, 0) is 0 Å². The topological polar surface area (TPSA) is 49.3 Å². The summed E-state index contributed by atoms with van der Waals surface area (Å²) in [6.07, 6.45) is -8.87. The van der Waals surface area contributed by atoms with Crippen LogP contribution in [0.15, 0.2) is 0 Å². The van der Waals surface area contributed by atoms with E-state index in [1.54, 1.807) is 0 Å². The van der Waals surface area contributed by atoms with Crippen LogP contribution in [0.2, 0.25) is 0 Å². The van der Waals surface area contributed by atoms with Crippen LogP contribution in [0.1, 0.15) is 6.42 Å². The van der Waals surface area contributed by atoms with Crippen molar-refractivity contribution in [2.75, 3.05) is 6.54 Å². The monoisotopic (exact) mass is 207 g/mol. The van der Waals surface area contributed by atoms with Gasteiger partial charge in [-0.1, -0.05) is 0 Å². The highest BCUT2D eigenvalue weighted by molar-refractivity contribution is 5.64. The molecule has 0 aliphatic heterocycles. The third kappa shape index (κ3) is 3.90. The lowest BCUT2D eigenvalue weighted by Gasteiger charge is -2.18. The molecule has 0 aromatic rings. The molecule has 0 saturated heterocycles. The Morgan fingerprint density at radius 2 is 1.69 bits per heavy atom. The van der Waals surface area contributed by atoms with Crippen molar-refractivity contribution in [3.8, 4) is 0 Å².